The van der Waals surface area contributed by atoms with Gasteiger partial charge in [0.15, 0.2) is 0 Å². The molecule has 0 saturated heterocycles. The fourth-order valence-electron chi connectivity index (χ4n) is 3.16. The van der Waals surface area contributed by atoms with Crippen LogP contribution in [0.2, 0.25) is 0 Å². The van der Waals surface area contributed by atoms with E-state index in [9.17, 15) is 0 Å². The van der Waals surface area contributed by atoms with E-state index in [1.165, 1.54) is 24.8 Å². The molecule has 1 aliphatic carbocycles. The average molecular weight is 261 g/mol. The number of hydrogen-bond donors (Lipinski definition) is 1. The highest BCUT2D eigenvalue weighted by Gasteiger charge is 2.25. The Morgan fingerprint density at radius 1 is 1.16 bits per heavy atom. The van der Waals surface area contributed by atoms with Crippen molar-refractivity contribution in [2.45, 2.75) is 52.7 Å². The molecule has 2 nitrogen and oxygen atoms in total. The van der Waals surface area contributed by atoms with Gasteiger partial charge in [0.25, 0.3) is 0 Å². The highest BCUT2D eigenvalue weighted by Crippen LogP contribution is 2.31. The van der Waals surface area contributed by atoms with Crippen molar-refractivity contribution < 1.29 is 4.74 Å². The summed E-state index contributed by atoms with van der Waals surface area (Å²) in [5, 5.41) is 3.35. The molecular weight excluding hydrogens is 234 g/mol. The predicted molar refractivity (Wildman–Crippen MR) is 80.4 cm³/mol. The van der Waals surface area contributed by atoms with Gasteiger partial charge in [-0.3, -0.25) is 0 Å². The molecule has 0 amide bonds. The van der Waals surface area contributed by atoms with Crippen LogP contribution in [0.5, 0.6) is 5.75 Å². The largest absolute Gasteiger partial charge is 0.490 e. The third-order valence-corrected chi connectivity index (χ3v) is 3.92. The minimum Gasteiger partial charge on any atom is -0.490 e. The molecule has 0 bridgehead atoms. The lowest BCUT2D eigenvalue weighted by atomic mass is 9.82. The van der Waals surface area contributed by atoms with Gasteiger partial charge < -0.3 is 10.1 Å². The van der Waals surface area contributed by atoms with Gasteiger partial charge in [0.2, 0.25) is 0 Å². The Morgan fingerprint density at radius 3 is 2.58 bits per heavy atom. The molecule has 0 aliphatic heterocycles. The van der Waals surface area contributed by atoms with Gasteiger partial charge in [0.1, 0.15) is 5.75 Å². The lowest BCUT2D eigenvalue weighted by molar-refractivity contribution is 0.101. The van der Waals surface area contributed by atoms with Crippen LogP contribution in [0.3, 0.4) is 0 Å². The summed E-state index contributed by atoms with van der Waals surface area (Å²) in [5.41, 5.74) is 1.30. The maximum absolute atomic E-state index is 6.19. The van der Waals surface area contributed by atoms with Crippen LogP contribution in [-0.4, -0.2) is 12.6 Å². The fourth-order valence-corrected chi connectivity index (χ4v) is 3.16. The van der Waals surface area contributed by atoms with E-state index in [1.54, 1.807) is 0 Å². The highest BCUT2D eigenvalue weighted by molar-refractivity contribution is 5.28. The number of ether oxygens (including phenoxy) is 1. The molecule has 0 heterocycles. The van der Waals surface area contributed by atoms with Crippen LogP contribution < -0.4 is 10.1 Å². The van der Waals surface area contributed by atoms with Gasteiger partial charge in [-0.1, -0.05) is 32.9 Å². The molecule has 0 aromatic heterocycles. The number of nitrogens with one attached hydrogen (secondary N) is 1. The average Bonchev–Trinajstić information content (AvgIpc) is 2.35. The third-order valence-electron chi connectivity index (χ3n) is 3.92. The van der Waals surface area contributed by atoms with E-state index < -0.39 is 0 Å². The molecule has 2 unspecified atom stereocenters. The van der Waals surface area contributed by atoms with Gasteiger partial charge in [-0.2, -0.15) is 0 Å². The standard InChI is InChI=1S/C17H27NO/c1-4-18-12-15-6-5-7-16(11-15)19-17-9-13(2)8-14(3)10-17/h5-7,11,13-14,17-18H,4,8-10,12H2,1-3H3. The van der Waals surface area contributed by atoms with E-state index in [4.69, 9.17) is 4.74 Å². The summed E-state index contributed by atoms with van der Waals surface area (Å²) in [7, 11) is 0. The Balaban J connectivity index is 1.94. The fraction of sp³-hybridized carbons (Fsp3) is 0.647. The van der Waals surface area contributed by atoms with Gasteiger partial charge in [-0.25, -0.2) is 0 Å². The Bertz CT molecular complexity index is 381. The summed E-state index contributed by atoms with van der Waals surface area (Å²) < 4.78 is 6.19. The van der Waals surface area contributed by atoms with E-state index in [1.807, 2.05) is 0 Å². The molecule has 1 aromatic carbocycles. The lowest BCUT2D eigenvalue weighted by Gasteiger charge is -2.31. The second-order valence-electron chi connectivity index (χ2n) is 6.09. The van der Waals surface area contributed by atoms with Crippen molar-refractivity contribution in [2.75, 3.05) is 6.54 Å². The summed E-state index contributed by atoms with van der Waals surface area (Å²) in [4.78, 5) is 0. The molecule has 2 heteroatoms. The van der Waals surface area contributed by atoms with Crippen LogP contribution in [0.25, 0.3) is 0 Å². The number of hydrogen-bond acceptors (Lipinski definition) is 2. The molecular formula is C17H27NO. The predicted octanol–water partition coefficient (Wildman–Crippen LogP) is 4.00. The second kappa shape index (κ2) is 6.95. The number of rotatable bonds is 5. The van der Waals surface area contributed by atoms with Crippen LogP contribution in [0, 0.1) is 11.8 Å². The second-order valence-corrected chi connectivity index (χ2v) is 6.09. The Morgan fingerprint density at radius 2 is 1.89 bits per heavy atom. The first-order valence-corrected chi connectivity index (χ1v) is 7.63. The Kier molecular flexibility index (Phi) is 5.26. The van der Waals surface area contributed by atoms with Crippen LogP contribution >= 0.6 is 0 Å². The minimum atomic E-state index is 0.396. The Hall–Kier alpha value is -1.02. The van der Waals surface area contributed by atoms with E-state index in [2.05, 4.69) is 50.4 Å². The van der Waals surface area contributed by atoms with Crippen molar-refractivity contribution in [3.05, 3.63) is 29.8 Å². The van der Waals surface area contributed by atoms with Crippen LogP contribution in [0.4, 0.5) is 0 Å². The first-order valence-electron chi connectivity index (χ1n) is 7.63. The van der Waals surface area contributed by atoms with Crippen molar-refractivity contribution in [2.24, 2.45) is 11.8 Å². The third kappa shape index (κ3) is 4.54. The molecule has 1 aliphatic rings. The maximum atomic E-state index is 6.19. The van der Waals surface area contributed by atoms with E-state index in [-0.39, 0.29) is 0 Å². The molecule has 0 spiro atoms. The number of benzene rings is 1. The SMILES string of the molecule is CCNCc1cccc(OC2CC(C)CC(C)C2)c1. The molecule has 106 valence electrons. The van der Waals surface area contributed by atoms with Crippen molar-refractivity contribution in [1.82, 2.24) is 5.32 Å². The zero-order chi connectivity index (χ0) is 13.7. The van der Waals surface area contributed by atoms with Crippen LogP contribution in [0.15, 0.2) is 24.3 Å². The monoisotopic (exact) mass is 261 g/mol. The quantitative estimate of drug-likeness (QED) is 0.865. The summed E-state index contributed by atoms with van der Waals surface area (Å²) in [6, 6.07) is 8.51. The minimum absolute atomic E-state index is 0.396. The first kappa shape index (κ1) is 14.4. The van der Waals surface area contributed by atoms with E-state index in [0.29, 0.717) is 6.10 Å². The van der Waals surface area contributed by atoms with E-state index in [0.717, 1.165) is 30.7 Å². The molecule has 1 fully saturated rings. The molecule has 2 atom stereocenters. The molecule has 1 N–H and O–H groups in total. The zero-order valence-corrected chi connectivity index (χ0v) is 12.5. The van der Waals surface area contributed by atoms with Gasteiger partial charge in [-0.05, 0) is 55.3 Å². The molecule has 19 heavy (non-hydrogen) atoms. The van der Waals surface area contributed by atoms with Crippen molar-refractivity contribution in [1.29, 1.82) is 0 Å². The maximum Gasteiger partial charge on any atom is 0.120 e. The van der Waals surface area contributed by atoms with Gasteiger partial charge in [-0.15, -0.1) is 0 Å². The molecule has 1 saturated carbocycles. The van der Waals surface area contributed by atoms with Crippen LogP contribution in [0.1, 0.15) is 45.6 Å². The molecule has 2 rings (SSSR count). The topological polar surface area (TPSA) is 21.3 Å². The van der Waals surface area contributed by atoms with Crippen molar-refractivity contribution in [3.63, 3.8) is 0 Å². The zero-order valence-electron chi connectivity index (χ0n) is 12.5. The lowest BCUT2D eigenvalue weighted by Crippen LogP contribution is -2.28. The highest BCUT2D eigenvalue weighted by atomic mass is 16.5. The smallest absolute Gasteiger partial charge is 0.120 e. The normalized spacial score (nSPS) is 27.2. The first-order chi connectivity index (χ1) is 9.17. The summed E-state index contributed by atoms with van der Waals surface area (Å²) >= 11 is 0. The van der Waals surface area contributed by atoms with Crippen molar-refractivity contribution in [3.8, 4) is 5.75 Å². The van der Waals surface area contributed by atoms with Gasteiger partial charge >= 0.3 is 0 Å². The van der Waals surface area contributed by atoms with Crippen LogP contribution in [-0.2, 0) is 6.54 Å². The van der Waals surface area contributed by atoms with Crippen molar-refractivity contribution >= 4 is 0 Å². The van der Waals surface area contributed by atoms with Gasteiger partial charge in [0, 0.05) is 6.54 Å². The van der Waals surface area contributed by atoms with Gasteiger partial charge in [0.05, 0.1) is 6.10 Å². The molecule has 1 aromatic rings. The Labute approximate surface area is 117 Å². The molecule has 0 radical (unpaired) electrons. The summed E-state index contributed by atoms with van der Waals surface area (Å²) in [6.45, 7) is 8.74. The summed E-state index contributed by atoms with van der Waals surface area (Å²) in [5.74, 6) is 2.61. The summed E-state index contributed by atoms with van der Waals surface area (Å²) in [6.07, 6.45) is 4.14. The van der Waals surface area contributed by atoms with E-state index >= 15 is 0 Å².